The van der Waals surface area contributed by atoms with Gasteiger partial charge in [0.25, 0.3) is 0 Å². The van der Waals surface area contributed by atoms with Gasteiger partial charge in [0.1, 0.15) is 5.82 Å². The Morgan fingerprint density at radius 3 is 3.06 bits per heavy atom. The van der Waals surface area contributed by atoms with Crippen LogP contribution in [0.15, 0.2) is 18.2 Å². The Morgan fingerprint density at radius 2 is 2.39 bits per heavy atom. The van der Waals surface area contributed by atoms with Crippen molar-refractivity contribution in [2.75, 3.05) is 24.6 Å². The van der Waals surface area contributed by atoms with Gasteiger partial charge < -0.3 is 15.4 Å². The minimum atomic E-state index is -0.515. The molecule has 0 aromatic heterocycles. The molecule has 2 atom stereocenters. The fourth-order valence-electron chi connectivity index (χ4n) is 2.16. The lowest BCUT2D eigenvalue weighted by Gasteiger charge is -2.33. The molecule has 2 rings (SSSR count). The quantitative estimate of drug-likeness (QED) is 0.864. The van der Waals surface area contributed by atoms with Crippen molar-refractivity contribution < 1.29 is 9.13 Å². The molecule has 1 aliphatic rings. The molecular formula is C13H16FN3O. The van der Waals surface area contributed by atoms with Crippen molar-refractivity contribution in [3.05, 3.63) is 29.6 Å². The van der Waals surface area contributed by atoms with Crippen LogP contribution in [0.5, 0.6) is 0 Å². The third-order valence-corrected chi connectivity index (χ3v) is 3.04. The summed E-state index contributed by atoms with van der Waals surface area (Å²) in [6.07, 6.45) is -0.515. The van der Waals surface area contributed by atoms with E-state index in [9.17, 15) is 4.39 Å². The molecule has 1 fully saturated rings. The molecule has 0 spiro atoms. The number of ether oxygens (including phenoxy) is 1. The van der Waals surface area contributed by atoms with E-state index in [1.54, 1.807) is 6.07 Å². The topological polar surface area (TPSA) is 62.3 Å². The zero-order valence-electron chi connectivity index (χ0n) is 10.3. The molecule has 1 aromatic rings. The van der Waals surface area contributed by atoms with E-state index < -0.39 is 6.10 Å². The van der Waals surface area contributed by atoms with Crippen molar-refractivity contribution in [2.24, 2.45) is 5.73 Å². The first kappa shape index (κ1) is 12.8. The molecule has 4 nitrogen and oxygen atoms in total. The maximum Gasteiger partial charge on any atom is 0.161 e. The SMILES string of the molecule is CC(N)c1cccc(F)c1N1CCOC(C#N)C1. The minimum Gasteiger partial charge on any atom is -0.363 e. The molecule has 0 amide bonds. The van der Waals surface area contributed by atoms with Crippen LogP contribution in [0.3, 0.4) is 0 Å². The lowest BCUT2D eigenvalue weighted by atomic mass is 10.0. The minimum absolute atomic E-state index is 0.251. The highest BCUT2D eigenvalue weighted by Gasteiger charge is 2.25. The van der Waals surface area contributed by atoms with Gasteiger partial charge >= 0.3 is 0 Å². The molecule has 1 heterocycles. The van der Waals surface area contributed by atoms with Crippen molar-refractivity contribution in [2.45, 2.75) is 19.1 Å². The van der Waals surface area contributed by atoms with Crippen molar-refractivity contribution in [1.82, 2.24) is 0 Å². The summed E-state index contributed by atoms with van der Waals surface area (Å²) in [6.45, 7) is 3.18. The highest BCUT2D eigenvalue weighted by Crippen LogP contribution is 2.29. The highest BCUT2D eigenvalue weighted by atomic mass is 19.1. The molecule has 1 saturated heterocycles. The number of benzene rings is 1. The fourth-order valence-corrected chi connectivity index (χ4v) is 2.16. The highest BCUT2D eigenvalue weighted by molar-refractivity contribution is 5.56. The Bertz CT molecular complexity index is 470. The molecule has 0 saturated carbocycles. The molecule has 18 heavy (non-hydrogen) atoms. The van der Waals surface area contributed by atoms with Crippen LogP contribution >= 0.6 is 0 Å². The van der Waals surface area contributed by atoms with Crippen LogP contribution in [0.4, 0.5) is 10.1 Å². The van der Waals surface area contributed by atoms with Crippen LogP contribution in [-0.2, 0) is 4.74 Å². The van der Waals surface area contributed by atoms with E-state index in [0.29, 0.717) is 25.4 Å². The average Bonchev–Trinajstić information content (AvgIpc) is 2.38. The molecular weight excluding hydrogens is 233 g/mol. The molecule has 0 radical (unpaired) electrons. The Hall–Kier alpha value is -1.64. The van der Waals surface area contributed by atoms with Crippen molar-refractivity contribution in [1.29, 1.82) is 5.26 Å². The van der Waals surface area contributed by atoms with E-state index >= 15 is 0 Å². The van der Waals surface area contributed by atoms with Gasteiger partial charge in [-0.3, -0.25) is 0 Å². The monoisotopic (exact) mass is 249 g/mol. The predicted octanol–water partition coefficient (Wildman–Crippen LogP) is 1.57. The number of para-hydroxylation sites is 1. The molecule has 5 heteroatoms. The molecule has 96 valence electrons. The number of anilines is 1. The summed E-state index contributed by atoms with van der Waals surface area (Å²) in [5.74, 6) is -0.302. The Balaban J connectivity index is 2.35. The van der Waals surface area contributed by atoms with Gasteiger partial charge in [0, 0.05) is 12.6 Å². The molecule has 0 aliphatic carbocycles. The van der Waals surface area contributed by atoms with E-state index in [1.165, 1.54) is 6.07 Å². The Labute approximate surface area is 106 Å². The van der Waals surface area contributed by atoms with Crippen LogP contribution in [0.2, 0.25) is 0 Å². The zero-order chi connectivity index (χ0) is 13.1. The summed E-state index contributed by atoms with van der Waals surface area (Å²) in [4.78, 5) is 1.84. The second-order valence-corrected chi connectivity index (χ2v) is 4.40. The predicted molar refractivity (Wildman–Crippen MR) is 66.6 cm³/mol. The van der Waals surface area contributed by atoms with Crippen LogP contribution in [0.1, 0.15) is 18.5 Å². The molecule has 1 aliphatic heterocycles. The number of nitrogens with two attached hydrogens (primary N) is 1. The summed E-state index contributed by atoms with van der Waals surface area (Å²) in [5, 5.41) is 8.88. The van der Waals surface area contributed by atoms with Gasteiger partial charge in [0.2, 0.25) is 0 Å². The number of nitrogens with zero attached hydrogens (tertiary/aromatic N) is 2. The average molecular weight is 249 g/mol. The maximum absolute atomic E-state index is 14.0. The first-order valence-electron chi connectivity index (χ1n) is 5.93. The fraction of sp³-hybridized carbons (Fsp3) is 0.462. The summed E-state index contributed by atoms with van der Waals surface area (Å²) >= 11 is 0. The van der Waals surface area contributed by atoms with Gasteiger partial charge in [0.15, 0.2) is 6.10 Å². The Morgan fingerprint density at radius 1 is 1.61 bits per heavy atom. The van der Waals surface area contributed by atoms with Crippen LogP contribution in [0, 0.1) is 17.1 Å². The van der Waals surface area contributed by atoms with E-state index in [-0.39, 0.29) is 11.9 Å². The van der Waals surface area contributed by atoms with Crippen molar-refractivity contribution in [3.63, 3.8) is 0 Å². The van der Waals surface area contributed by atoms with Crippen molar-refractivity contribution >= 4 is 5.69 Å². The number of halogens is 1. The van der Waals surface area contributed by atoms with Crippen LogP contribution in [0.25, 0.3) is 0 Å². The Kier molecular flexibility index (Phi) is 3.80. The number of hydrogen-bond donors (Lipinski definition) is 1. The van der Waals surface area contributed by atoms with Gasteiger partial charge in [-0.2, -0.15) is 5.26 Å². The molecule has 2 N–H and O–H groups in total. The molecule has 1 aromatic carbocycles. The lowest BCUT2D eigenvalue weighted by Crippen LogP contribution is -2.43. The first-order valence-corrected chi connectivity index (χ1v) is 5.93. The molecule has 0 bridgehead atoms. The number of rotatable bonds is 2. The van der Waals surface area contributed by atoms with Crippen LogP contribution < -0.4 is 10.6 Å². The van der Waals surface area contributed by atoms with E-state index in [1.807, 2.05) is 17.9 Å². The van der Waals surface area contributed by atoms with E-state index in [4.69, 9.17) is 15.7 Å². The zero-order valence-corrected chi connectivity index (χ0v) is 10.3. The maximum atomic E-state index is 14.0. The second-order valence-electron chi connectivity index (χ2n) is 4.40. The summed E-state index contributed by atoms with van der Waals surface area (Å²) in [6, 6.07) is 6.69. The van der Waals surface area contributed by atoms with E-state index in [0.717, 1.165) is 5.56 Å². The number of morpholine rings is 1. The van der Waals surface area contributed by atoms with Gasteiger partial charge in [0.05, 0.1) is 24.9 Å². The third-order valence-electron chi connectivity index (χ3n) is 3.04. The second kappa shape index (κ2) is 5.34. The van der Waals surface area contributed by atoms with Crippen molar-refractivity contribution in [3.8, 4) is 6.07 Å². The standard InChI is InChI=1S/C13H16FN3O/c1-9(16)11-3-2-4-12(14)13(11)17-5-6-18-10(7-15)8-17/h2-4,9-10H,5-6,8,16H2,1H3. The van der Waals surface area contributed by atoms with Gasteiger partial charge in [-0.15, -0.1) is 0 Å². The van der Waals surface area contributed by atoms with E-state index in [2.05, 4.69) is 6.07 Å². The number of nitriles is 1. The molecule has 2 unspecified atom stereocenters. The summed E-state index contributed by atoms with van der Waals surface area (Å²) in [7, 11) is 0. The largest absolute Gasteiger partial charge is 0.363 e. The first-order chi connectivity index (χ1) is 8.63. The lowest BCUT2D eigenvalue weighted by molar-refractivity contribution is 0.0761. The smallest absolute Gasteiger partial charge is 0.161 e. The van der Waals surface area contributed by atoms with Gasteiger partial charge in [-0.25, -0.2) is 4.39 Å². The van der Waals surface area contributed by atoms with Gasteiger partial charge in [-0.1, -0.05) is 12.1 Å². The summed E-state index contributed by atoms with van der Waals surface area (Å²) in [5.41, 5.74) is 7.12. The normalized spacial score (nSPS) is 21.4. The van der Waals surface area contributed by atoms with Gasteiger partial charge in [-0.05, 0) is 18.6 Å². The number of hydrogen-bond acceptors (Lipinski definition) is 4. The summed E-state index contributed by atoms with van der Waals surface area (Å²) < 4.78 is 19.3. The van der Waals surface area contributed by atoms with Crippen LogP contribution in [-0.4, -0.2) is 25.8 Å². The third kappa shape index (κ3) is 2.45.